The van der Waals surface area contributed by atoms with E-state index < -0.39 is 10.0 Å². The molecule has 0 N–H and O–H groups in total. The van der Waals surface area contributed by atoms with E-state index in [1.165, 1.54) is 0 Å². The van der Waals surface area contributed by atoms with E-state index >= 15 is 0 Å². The van der Waals surface area contributed by atoms with Gasteiger partial charge in [-0.05, 0) is 30.6 Å². The summed E-state index contributed by atoms with van der Waals surface area (Å²) in [5.41, 5.74) is 0.266. The van der Waals surface area contributed by atoms with Crippen molar-refractivity contribution in [3.8, 4) is 0 Å². The van der Waals surface area contributed by atoms with Crippen molar-refractivity contribution < 1.29 is 8.42 Å². The smallest absolute Gasteiger partial charge is 0.212 e. The van der Waals surface area contributed by atoms with Crippen LogP contribution in [-0.2, 0) is 10.0 Å². The summed E-state index contributed by atoms with van der Waals surface area (Å²) in [5.74, 6) is 0.605. The lowest BCUT2D eigenvalue weighted by atomic mass is 9.85. The van der Waals surface area contributed by atoms with Crippen LogP contribution in [0.2, 0.25) is 0 Å². The largest absolute Gasteiger partial charge is 0.214 e. The molecule has 17 heavy (non-hydrogen) atoms. The Morgan fingerprint density at radius 1 is 1.29 bits per heavy atom. The maximum Gasteiger partial charge on any atom is 0.214 e. The summed E-state index contributed by atoms with van der Waals surface area (Å²) < 4.78 is 26.0. The predicted molar refractivity (Wildman–Crippen MR) is 72.9 cm³/mol. The molecule has 0 spiro atoms. The number of nitrogens with zero attached hydrogens (tertiary/aromatic N) is 1. The van der Waals surface area contributed by atoms with Gasteiger partial charge in [0, 0.05) is 19.0 Å². The van der Waals surface area contributed by atoms with Gasteiger partial charge in [0.25, 0.3) is 0 Å². The molecule has 1 rings (SSSR count). The van der Waals surface area contributed by atoms with Crippen molar-refractivity contribution in [3.63, 3.8) is 0 Å². The number of rotatable bonds is 4. The zero-order chi connectivity index (χ0) is 13.1. The molecule has 0 radical (unpaired) electrons. The van der Waals surface area contributed by atoms with Crippen LogP contribution in [0.5, 0.6) is 0 Å². The van der Waals surface area contributed by atoms with E-state index in [4.69, 9.17) is 11.6 Å². The van der Waals surface area contributed by atoms with Gasteiger partial charge in [-0.1, -0.05) is 20.8 Å². The Hall–Kier alpha value is 0.200. The lowest BCUT2D eigenvalue weighted by Gasteiger charge is -2.23. The normalized spacial score (nSPS) is 24.2. The van der Waals surface area contributed by atoms with Crippen molar-refractivity contribution in [2.24, 2.45) is 11.3 Å². The maximum absolute atomic E-state index is 12.2. The molecule has 1 atom stereocenters. The minimum Gasteiger partial charge on any atom is -0.212 e. The number of halogens is 1. The second kappa shape index (κ2) is 5.89. The van der Waals surface area contributed by atoms with Crippen LogP contribution in [0.4, 0.5) is 0 Å². The zero-order valence-electron chi connectivity index (χ0n) is 11.1. The van der Waals surface area contributed by atoms with Crippen LogP contribution in [-0.4, -0.2) is 37.4 Å². The van der Waals surface area contributed by atoms with Gasteiger partial charge in [-0.25, -0.2) is 12.7 Å². The van der Waals surface area contributed by atoms with Gasteiger partial charge < -0.3 is 0 Å². The van der Waals surface area contributed by atoms with Crippen LogP contribution in [0.25, 0.3) is 0 Å². The highest BCUT2D eigenvalue weighted by molar-refractivity contribution is 7.89. The van der Waals surface area contributed by atoms with Crippen molar-refractivity contribution in [1.82, 2.24) is 4.31 Å². The number of hydrogen-bond acceptors (Lipinski definition) is 2. The summed E-state index contributed by atoms with van der Waals surface area (Å²) in [4.78, 5) is 0. The molecule has 1 aliphatic heterocycles. The summed E-state index contributed by atoms with van der Waals surface area (Å²) in [6, 6.07) is 0. The summed E-state index contributed by atoms with van der Waals surface area (Å²) in [7, 11) is -3.12. The van der Waals surface area contributed by atoms with E-state index in [-0.39, 0.29) is 17.1 Å². The van der Waals surface area contributed by atoms with Gasteiger partial charge in [0.2, 0.25) is 10.0 Å². The molecule has 1 saturated heterocycles. The second-order valence-corrected chi connectivity index (χ2v) is 8.28. The standard InChI is InChI=1S/C12H24ClNO2S/c1-11(9-13)10-17(15,16)14-7-4-5-12(2,3)6-8-14/h11H,4-10H2,1-3H3. The van der Waals surface area contributed by atoms with Crippen molar-refractivity contribution in [2.75, 3.05) is 24.7 Å². The Morgan fingerprint density at radius 2 is 1.94 bits per heavy atom. The fourth-order valence-corrected chi connectivity index (χ4v) is 4.25. The van der Waals surface area contributed by atoms with Crippen molar-refractivity contribution in [3.05, 3.63) is 0 Å². The molecule has 1 heterocycles. The molecule has 0 bridgehead atoms. The fourth-order valence-electron chi connectivity index (χ4n) is 2.19. The summed E-state index contributed by atoms with van der Waals surface area (Å²) in [5, 5.41) is 0. The van der Waals surface area contributed by atoms with Gasteiger partial charge in [0.15, 0.2) is 0 Å². The third-order valence-electron chi connectivity index (χ3n) is 3.45. The molecule has 0 aliphatic carbocycles. The van der Waals surface area contributed by atoms with Gasteiger partial charge in [0.05, 0.1) is 5.75 Å². The molecule has 1 fully saturated rings. The highest BCUT2D eigenvalue weighted by Crippen LogP contribution is 2.30. The molecule has 0 saturated carbocycles. The van der Waals surface area contributed by atoms with Crippen molar-refractivity contribution in [2.45, 2.75) is 40.0 Å². The van der Waals surface area contributed by atoms with Crippen LogP contribution < -0.4 is 0 Å². The van der Waals surface area contributed by atoms with Crippen LogP contribution >= 0.6 is 11.6 Å². The summed E-state index contributed by atoms with van der Waals surface area (Å²) in [6.45, 7) is 7.63. The highest BCUT2D eigenvalue weighted by atomic mass is 35.5. The Bertz CT molecular complexity index is 340. The minimum absolute atomic E-state index is 0.0259. The topological polar surface area (TPSA) is 37.4 Å². The number of hydrogen-bond donors (Lipinski definition) is 0. The van der Waals surface area contributed by atoms with Gasteiger partial charge in [0.1, 0.15) is 0 Å². The van der Waals surface area contributed by atoms with E-state index in [1.807, 2.05) is 6.92 Å². The van der Waals surface area contributed by atoms with E-state index in [2.05, 4.69) is 13.8 Å². The molecule has 0 aromatic heterocycles. The van der Waals surface area contributed by atoms with Gasteiger partial charge in [-0.3, -0.25) is 0 Å². The van der Waals surface area contributed by atoms with E-state index in [9.17, 15) is 8.42 Å². The fraction of sp³-hybridized carbons (Fsp3) is 1.00. The molecular weight excluding hydrogens is 258 g/mol. The van der Waals surface area contributed by atoms with E-state index in [0.717, 1.165) is 19.3 Å². The maximum atomic E-state index is 12.2. The third-order valence-corrected chi connectivity index (χ3v) is 6.12. The van der Waals surface area contributed by atoms with Crippen LogP contribution in [0.15, 0.2) is 0 Å². The molecule has 102 valence electrons. The van der Waals surface area contributed by atoms with E-state index in [0.29, 0.717) is 19.0 Å². The minimum atomic E-state index is -3.12. The van der Waals surface area contributed by atoms with E-state index in [1.54, 1.807) is 4.31 Å². The third kappa shape index (κ3) is 4.76. The lowest BCUT2D eigenvalue weighted by Crippen LogP contribution is -2.36. The van der Waals surface area contributed by atoms with Gasteiger partial charge in [-0.15, -0.1) is 11.6 Å². The molecule has 0 aromatic carbocycles. The molecule has 5 heteroatoms. The van der Waals surface area contributed by atoms with Crippen LogP contribution in [0, 0.1) is 11.3 Å². The molecule has 1 unspecified atom stereocenters. The first-order chi connectivity index (χ1) is 7.77. The molecule has 1 aliphatic rings. The molecule has 3 nitrogen and oxygen atoms in total. The van der Waals surface area contributed by atoms with Crippen LogP contribution in [0.1, 0.15) is 40.0 Å². The SMILES string of the molecule is CC(CCl)CS(=O)(=O)N1CCCC(C)(C)CC1. The second-order valence-electron chi connectivity index (χ2n) is 5.95. The zero-order valence-corrected chi connectivity index (χ0v) is 12.6. The average Bonchev–Trinajstić information content (AvgIpc) is 2.38. The van der Waals surface area contributed by atoms with Gasteiger partial charge in [-0.2, -0.15) is 0 Å². The molecule has 0 aromatic rings. The lowest BCUT2D eigenvalue weighted by molar-refractivity contribution is 0.314. The van der Waals surface area contributed by atoms with Gasteiger partial charge >= 0.3 is 0 Å². The molecule has 0 amide bonds. The monoisotopic (exact) mass is 281 g/mol. The Labute approximate surface area is 111 Å². The first-order valence-electron chi connectivity index (χ1n) is 6.31. The first kappa shape index (κ1) is 15.3. The first-order valence-corrected chi connectivity index (χ1v) is 8.45. The predicted octanol–water partition coefficient (Wildman–Crippen LogP) is 2.70. The van der Waals surface area contributed by atoms with Crippen LogP contribution in [0.3, 0.4) is 0 Å². The Kier molecular flexibility index (Phi) is 5.29. The Morgan fingerprint density at radius 3 is 2.53 bits per heavy atom. The number of alkyl halides is 1. The number of sulfonamides is 1. The van der Waals surface area contributed by atoms with Crippen molar-refractivity contribution in [1.29, 1.82) is 0 Å². The molecular formula is C12H24ClNO2S. The average molecular weight is 282 g/mol. The summed E-state index contributed by atoms with van der Waals surface area (Å²) in [6.07, 6.45) is 3.01. The summed E-state index contributed by atoms with van der Waals surface area (Å²) >= 11 is 5.69. The Balaban J connectivity index is 2.66. The highest BCUT2D eigenvalue weighted by Gasteiger charge is 2.29. The quantitative estimate of drug-likeness (QED) is 0.743. The van der Waals surface area contributed by atoms with Crippen molar-refractivity contribution >= 4 is 21.6 Å².